The number of allylic oxidation sites excluding steroid dienone is 1. The van der Waals surface area contributed by atoms with Crippen LogP contribution in [-0.2, 0) is 13.1 Å². The summed E-state index contributed by atoms with van der Waals surface area (Å²) >= 11 is 0. The maximum absolute atomic E-state index is 13.2. The minimum absolute atomic E-state index is 0.133. The van der Waals surface area contributed by atoms with E-state index in [1.807, 2.05) is 55.5 Å². The molecule has 3 aliphatic heterocycles. The van der Waals surface area contributed by atoms with Crippen LogP contribution in [0, 0.1) is 6.92 Å². The van der Waals surface area contributed by atoms with Crippen molar-refractivity contribution < 1.29 is 28.5 Å². The smallest absolute Gasteiger partial charge is 0.231 e. The lowest BCUT2D eigenvalue weighted by Gasteiger charge is -2.30. The Labute approximate surface area is 197 Å². The highest BCUT2D eigenvalue weighted by atomic mass is 16.7. The van der Waals surface area contributed by atoms with Crippen LogP contribution in [0.5, 0.6) is 28.7 Å². The highest BCUT2D eigenvalue weighted by molar-refractivity contribution is 6.15. The molecule has 0 saturated heterocycles. The molecular formula is C27H23NO6. The second-order valence-electron chi connectivity index (χ2n) is 8.53. The van der Waals surface area contributed by atoms with E-state index < -0.39 is 0 Å². The molecule has 0 fully saturated rings. The Morgan fingerprint density at radius 1 is 1.00 bits per heavy atom. The Kier molecular flexibility index (Phi) is 4.92. The van der Waals surface area contributed by atoms with Crippen molar-refractivity contribution in [3.05, 3.63) is 82.1 Å². The van der Waals surface area contributed by atoms with Crippen LogP contribution in [0.2, 0.25) is 0 Å². The molecule has 0 aliphatic carbocycles. The van der Waals surface area contributed by atoms with Crippen molar-refractivity contribution in [1.29, 1.82) is 0 Å². The molecule has 3 heterocycles. The number of rotatable bonds is 4. The second kappa shape index (κ2) is 8.11. The lowest BCUT2D eigenvalue weighted by Crippen LogP contribution is -2.32. The summed E-state index contributed by atoms with van der Waals surface area (Å²) in [7, 11) is 1.66. The van der Waals surface area contributed by atoms with Gasteiger partial charge in [0.25, 0.3) is 0 Å². The van der Waals surface area contributed by atoms with E-state index in [1.165, 1.54) is 5.56 Å². The summed E-state index contributed by atoms with van der Waals surface area (Å²) < 4.78 is 28.2. The third-order valence-electron chi connectivity index (χ3n) is 6.26. The van der Waals surface area contributed by atoms with Crippen LogP contribution < -0.4 is 23.7 Å². The fourth-order valence-corrected chi connectivity index (χ4v) is 4.54. The molecule has 0 unspecified atom stereocenters. The fraction of sp³-hybridized carbons (Fsp3) is 0.222. The van der Waals surface area contributed by atoms with E-state index in [1.54, 1.807) is 13.2 Å². The minimum atomic E-state index is -0.133. The van der Waals surface area contributed by atoms with Gasteiger partial charge in [0.2, 0.25) is 12.6 Å². The molecule has 0 spiro atoms. The summed E-state index contributed by atoms with van der Waals surface area (Å²) in [6, 6.07) is 15.5. The molecule has 0 amide bonds. The Morgan fingerprint density at radius 2 is 1.82 bits per heavy atom. The monoisotopic (exact) mass is 457 g/mol. The molecule has 3 aromatic rings. The van der Waals surface area contributed by atoms with Crippen molar-refractivity contribution in [2.45, 2.75) is 20.0 Å². The lowest BCUT2D eigenvalue weighted by molar-refractivity contribution is 0.0876. The number of ketones is 1. The first-order valence-electron chi connectivity index (χ1n) is 11.1. The van der Waals surface area contributed by atoms with E-state index in [0.29, 0.717) is 36.1 Å². The van der Waals surface area contributed by atoms with Gasteiger partial charge in [0.05, 0.1) is 12.7 Å². The first-order valence-corrected chi connectivity index (χ1v) is 11.1. The van der Waals surface area contributed by atoms with Gasteiger partial charge in [-0.15, -0.1) is 0 Å². The molecule has 0 bridgehead atoms. The molecule has 34 heavy (non-hydrogen) atoms. The van der Waals surface area contributed by atoms with Crippen molar-refractivity contribution in [1.82, 2.24) is 4.90 Å². The van der Waals surface area contributed by atoms with E-state index in [-0.39, 0.29) is 18.3 Å². The van der Waals surface area contributed by atoms with E-state index in [4.69, 9.17) is 23.7 Å². The highest BCUT2D eigenvalue weighted by Crippen LogP contribution is 2.43. The molecule has 0 atom stereocenters. The van der Waals surface area contributed by atoms with Crippen LogP contribution >= 0.6 is 0 Å². The average molecular weight is 457 g/mol. The largest absolute Gasteiger partial charge is 0.497 e. The molecular weight excluding hydrogens is 434 g/mol. The van der Waals surface area contributed by atoms with Crippen LogP contribution in [0.3, 0.4) is 0 Å². The fourth-order valence-electron chi connectivity index (χ4n) is 4.54. The highest BCUT2D eigenvalue weighted by Gasteiger charge is 2.33. The number of fused-ring (bicyclic) bond motifs is 3. The van der Waals surface area contributed by atoms with Crippen molar-refractivity contribution in [2.75, 3.05) is 20.6 Å². The zero-order chi connectivity index (χ0) is 23.2. The molecule has 0 N–H and O–H groups in total. The van der Waals surface area contributed by atoms with E-state index in [0.717, 1.165) is 34.7 Å². The summed E-state index contributed by atoms with van der Waals surface area (Å²) in [5.74, 6) is 3.71. The molecule has 6 rings (SSSR count). The van der Waals surface area contributed by atoms with Crippen LogP contribution in [0.25, 0.3) is 6.08 Å². The van der Waals surface area contributed by atoms with Gasteiger partial charge in [-0.25, -0.2) is 0 Å². The molecule has 0 radical (unpaired) electrons. The zero-order valence-electron chi connectivity index (χ0n) is 18.9. The SMILES string of the molecule is COc1ccc(CN2COc3c(cc4c(c3C)O/C(=C\c3ccc5c(c3)OCO5)C4=O)C2)cc1. The predicted octanol–water partition coefficient (Wildman–Crippen LogP) is 4.70. The number of carbonyl (C=O) groups excluding carboxylic acids is 1. The minimum Gasteiger partial charge on any atom is -0.497 e. The molecule has 0 aromatic heterocycles. The van der Waals surface area contributed by atoms with Crippen LogP contribution in [0.4, 0.5) is 0 Å². The number of hydrogen-bond acceptors (Lipinski definition) is 7. The molecule has 0 saturated carbocycles. The molecule has 3 aromatic carbocycles. The van der Waals surface area contributed by atoms with Gasteiger partial charge in [-0.1, -0.05) is 18.2 Å². The summed E-state index contributed by atoms with van der Waals surface area (Å²) in [5, 5.41) is 0. The van der Waals surface area contributed by atoms with Gasteiger partial charge >= 0.3 is 0 Å². The topological polar surface area (TPSA) is 66.5 Å². The van der Waals surface area contributed by atoms with Crippen LogP contribution in [0.1, 0.15) is 32.6 Å². The number of ether oxygens (including phenoxy) is 5. The number of carbonyl (C=O) groups is 1. The Balaban J connectivity index is 1.25. The van der Waals surface area contributed by atoms with Gasteiger partial charge in [-0.05, 0) is 54.5 Å². The third kappa shape index (κ3) is 3.54. The van der Waals surface area contributed by atoms with Crippen LogP contribution in [0.15, 0.2) is 54.3 Å². The summed E-state index contributed by atoms with van der Waals surface area (Å²) in [6.07, 6.45) is 1.74. The van der Waals surface area contributed by atoms with E-state index >= 15 is 0 Å². The van der Waals surface area contributed by atoms with Gasteiger partial charge in [0.15, 0.2) is 17.3 Å². The van der Waals surface area contributed by atoms with Crippen LogP contribution in [-0.4, -0.2) is 31.3 Å². The lowest BCUT2D eigenvalue weighted by atomic mass is 9.99. The average Bonchev–Trinajstić information content (AvgIpc) is 3.44. The number of methoxy groups -OCH3 is 1. The van der Waals surface area contributed by atoms with Gasteiger partial charge in [-0.2, -0.15) is 0 Å². The number of hydrogen-bond donors (Lipinski definition) is 0. The van der Waals surface area contributed by atoms with Crippen molar-refractivity contribution in [2.24, 2.45) is 0 Å². The number of nitrogens with zero attached hydrogens (tertiary/aromatic N) is 1. The summed E-state index contributed by atoms with van der Waals surface area (Å²) in [6.45, 7) is 4.03. The Morgan fingerprint density at radius 3 is 2.65 bits per heavy atom. The van der Waals surface area contributed by atoms with Gasteiger partial charge < -0.3 is 23.7 Å². The first-order chi connectivity index (χ1) is 16.6. The Hall–Kier alpha value is -3.97. The quantitative estimate of drug-likeness (QED) is 0.526. The maximum Gasteiger partial charge on any atom is 0.231 e. The second-order valence-corrected chi connectivity index (χ2v) is 8.53. The first kappa shape index (κ1) is 20.6. The summed E-state index contributed by atoms with van der Waals surface area (Å²) in [4.78, 5) is 15.4. The van der Waals surface area contributed by atoms with Crippen molar-refractivity contribution in [3.8, 4) is 28.7 Å². The van der Waals surface area contributed by atoms with E-state index in [2.05, 4.69) is 4.90 Å². The normalized spacial score (nSPS) is 17.2. The number of Topliss-reactive ketones (excluding diaryl/α,β-unsaturated/α-hetero) is 1. The zero-order valence-corrected chi connectivity index (χ0v) is 18.9. The summed E-state index contributed by atoms with van der Waals surface area (Å²) in [5.41, 5.74) is 4.37. The standard InChI is InChI=1S/C27H23NO6/c1-16-26-19(13-28(14-31-26)12-17-3-6-20(30-2)7-4-17)11-21-25(29)24(34-27(16)21)10-18-5-8-22-23(9-18)33-15-32-22/h3-11H,12-15H2,1-2H3/b24-10-. The Bertz CT molecular complexity index is 1330. The van der Waals surface area contributed by atoms with Crippen molar-refractivity contribution >= 4 is 11.9 Å². The van der Waals surface area contributed by atoms with Gasteiger partial charge in [0, 0.05) is 24.2 Å². The van der Waals surface area contributed by atoms with Crippen molar-refractivity contribution in [3.63, 3.8) is 0 Å². The van der Waals surface area contributed by atoms with Gasteiger partial charge in [0.1, 0.15) is 24.0 Å². The predicted molar refractivity (Wildman–Crippen MR) is 124 cm³/mol. The third-order valence-corrected chi connectivity index (χ3v) is 6.26. The maximum atomic E-state index is 13.2. The van der Waals surface area contributed by atoms with Gasteiger partial charge in [-0.3, -0.25) is 9.69 Å². The molecule has 7 heteroatoms. The molecule has 7 nitrogen and oxygen atoms in total. The molecule has 172 valence electrons. The number of benzene rings is 3. The van der Waals surface area contributed by atoms with E-state index in [9.17, 15) is 4.79 Å². The molecule has 3 aliphatic rings.